The Morgan fingerprint density at radius 2 is 2.03 bits per heavy atom. The summed E-state index contributed by atoms with van der Waals surface area (Å²) in [6.45, 7) is 3.12. The second kappa shape index (κ2) is 6.93. The Morgan fingerprint density at radius 3 is 2.93 bits per heavy atom. The van der Waals surface area contributed by atoms with Gasteiger partial charge in [0.1, 0.15) is 6.54 Å². The molecule has 5 rings (SSSR count). The zero-order chi connectivity index (χ0) is 20.0. The van der Waals surface area contributed by atoms with Gasteiger partial charge in [0.05, 0.1) is 15.2 Å². The molecule has 0 atom stereocenters. The van der Waals surface area contributed by atoms with Gasteiger partial charge in [0.2, 0.25) is 12.7 Å². The quantitative estimate of drug-likeness (QED) is 0.714. The van der Waals surface area contributed by atoms with Crippen LogP contribution >= 0.6 is 11.3 Å². The van der Waals surface area contributed by atoms with Crippen LogP contribution in [0.2, 0.25) is 0 Å². The maximum absolute atomic E-state index is 12.8. The van der Waals surface area contributed by atoms with Gasteiger partial charge in [-0.1, -0.05) is 0 Å². The van der Waals surface area contributed by atoms with Crippen molar-refractivity contribution in [1.29, 1.82) is 0 Å². The molecule has 2 aliphatic rings. The monoisotopic (exact) mass is 410 g/mol. The summed E-state index contributed by atoms with van der Waals surface area (Å²) in [4.78, 5) is 32.8. The molecule has 1 N–H and O–H groups in total. The van der Waals surface area contributed by atoms with Gasteiger partial charge >= 0.3 is 6.03 Å². The van der Waals surface area contributed by atoms with Crippen molar-refractivity contribution in [2.75, 3.05) is 36.6 Å². The molecule has 2 aromatic carbocycles. The lowest BCUT2D eigenvalue weighted by atomic mass is 10.2. The lowest BCUT2D eigenvalue weighted by Gasteiger charge is -2.18. The maximum Gasteiger partial charge on any atom is 0.325 e. The summed E-state index contributed by atoms with van der Waals surface area (Å²) in [5, 5.41) is 3.84. The SMILES string of the molecule is Cc1nc2cc(NC(=O)CN3CCN(c4ccc5c(c4)OCO5)C3=O)ccc2s1. The van der Waals surface area contributed by atoms with Crippen molar-refractivity contribution in [2.24, 2.45) is 0 Å². The molecule has 0 spiro atoms. The van der Waals surface area contributed by atoms with E-state index in [9.17, 15) is 9.59 Å². The molecule has 3 amide bonds. The number of benzene rings is 2. The van der Waals surface area contributed by atoms with E-state index < -0.39 is 0 Å². The van der Waals surface area contributed by atoms with Crippen molar-refractivity contribution in [3.8, 4) is 11.5 Å². The number of fused-ring (bicyclic) bond motifs is 2. The number of nitrogens with one attached hydrogen (secondary N) is 1. The van der Waals surface area contributed by atoms with Gasteiger partial charge in [-0.25, -0.2) is 9.78 Å². The first kappa shape index (κ1) is 17.7. The van der Waals surface area contributed by atoms with Crippen molar-refractivity contribution in [2.45, 2.75) is 6.92 Å². The molecule has 148 valence electrons. The van der Waals surface area contributed by atoms with Crippen molar-refractivity contribution in [3.05, 3.63) is 41.4 Å². The van der Waals surface area contributed by atoms with E-state index in [-0.39, 0.29) is 25.3 Å². The fraction of sp³-hybridized carbons (Fsp3) is 0.250. The van der Waals surface area contributed by atoms with Gasteiger partial charge in [0.15, 0.2) is 11.5 Å². The number of amides is 3. The summed E-state index contributed by atoms with van der Waals surface area (Å²) in [6.07, 6.45) is 0. The number of rotatable bonds is 4. The lowest BCUT2D eigenvalue weighted by molar-refractivity contribution is -0.116. The van der Waals surface area contributed by atoms with E-state index in [1.165, 1.54) is 4.90 Å². The smallest absolute Gasteiger partial charge is 0.325 e. The molecule has 29 heavy (non-hydrogen) atoms. The van der Waals surface area contributed by atoms with Crippen LogP contribution in [0.4, 0.5) is 16.2 Å². The first-order valence-corrected chi connectivity index (χ1v) is 10.0. The molecule has 1 fully saturated rings. The maximum atomic E-state index is 12.8. The molecule has 3 aromatic rings. The molecule has 9 heteroatoms. The average molecular weight is 410 g/mol. The van der Waals surface area contributed by atoms with Crippen molar-refractivity contribution < 1.29 is 19.1 Å². The number of carbonyl (C=O) groups is 2. The van der Waals surface area contributed by atoms with Crippen LogP contribution in [0.25, 0.3) is 10.2 Å². The van der Waals surface area contributed by atoms with E-state index in [2.05, 4.69) is 10.3 Å². The number of hydrogen-bond donors (Lipinski definition) is 1. The molecular weight excluding hydrogens is 392 g/mol. The minimum absolute atomic E-state index is 0.00594. The highest BCUT2D eigenvalue weighted by atomic mass is 32.1. The van der Waals surface area contributed by atoms with Crippen molar-refractivity contribution in [1.82, 2.24) is 9.88 Å². The summed E-state index contributed by atoms with van der Waals surface area (Å²) in [5.74, 6) is 1.06. The molecule has 8 nitrogen and oxygen atoms in total. The fourth-order valence-electron chi connectivity index (χ4n) is 3.52. The molecule has 0 bridgehead atoms. The lowest BCUT2D eigenvalue weighted by Crippen LogP contribution is -2.37. The fourth-order valence-corrected chi connectivity index (χ4v) is 4.32. The largest absolute Gasteiger partial charge is 0.454 e. The zero-order valence-electron chi connectivity index (χ0n) is 15.7. The molecule has 3 heterocycles. The van der Waals surface area contributed by atoms with E-state index in [4.69, 9.17) is 9.47 Å². The van der Waals surface area contributed by atoms with Crippen LogP contribution in [0.1, 0.15) is 5.01 Å². The average Bonchev–Trinajstić information content (AvgIpc) is 3.39. The summed E-state index contributed by atoms with van der Waals surface area (Å²) in [5.41, 5.74) is 2.26. The Labute approximate surface area is 170 Å². The zero-order valence-corrected chi connectivity index (χ0v) is 16.5. The number of thiazole rings is 1. The summed E-state index contributed by atoms with van der Waals surface area (Å²) >= 11 is 1.61. The number of anilines is 2. The van der Waals surface area contributed by atoms with Gasteiger partial charge in [0.25, 0.3) is 0 Å². The van der Waals surface area contributed by atoms with Gasteiger partial charge in [-0.05, 0) is 37.3 Å². The van der Waals surface area contributed by atoms with Crippen molar-refractivity contribution >= 4 is 44.9 Å². The first-order valence-electron chi connectivity index (χ1n) is 9.20. The van der Waals surface area contributed by atoms with Gasteiger partial charge in [0, 0.05) is 30.5 Å². The van der Waals surface area contributed by atoms with Crippen molar-refractivity contribution in [3.63, 3.8) is 0 Å². The topological polar surface area (TPSA) is 84.0 Å². The van der Waals surface area contributed by atoms with E-state index in [0.717, 1.165) is 20.9 Å². The van der Waals surface area contributed by atoms with Crippen LogP contribution in [0, 0.1) is 6.92 Å². The minimum atomic E-state index is -0.239. The van der Waals surface area contributed by atoms with E-state index in [0.29, 0.717) is 30.3 Å². The van der Waals surface area contributed by atoms with E-state index >= 15 is 0 Å². The standard InChI is InChI=1S/C20H18N4O4S/c1-12-21-15-8-13(2-5-18(15)29-12)22-19(25)10-23-6-7-24(20(23)26)14-3-4-16-17(9-14)28-11-27-16/h2-5,8-9H,6-7,10-11H2,1H3,(H,22,25). The van der Waals surface area contributed by atoms with Crippen LogP contribution in [0.5, 0.6) is 11.5 Å². The Morgan fingerprint density at radius 1 is 1.17 bits per heavy atom. The second-order valence-electron chi connectivity index (χ2n) is 6.86. The Hall–Kier alpha value is -3.33. The van der Waals surface area contributed by atoms with Gasteiger partial charge in [-0.15, -0.1) is 11.3 Å². The normalized spacial score (nSPS) is 15.4. The molecule has 1 aromatic heterocycles. The highest BCUT2D eigenvalue weighted by Gasteiger charge is 2.31. The highest BCUT2D eigenvalue weighted by molar-refractivity contribution is 7.18. The van der Waals surface area contributed by atoms with Gasteiger partial charge in [-0.3, -0.25) is 9.69 Å². The second-order valence-corrected chi connectivity index (χ2v) is 8.09. The van der Waals surface area contributed by atoms with Crippen LogP contribution < -0.4 is 19.7 Å². The molecule has 2 aliphatic heterocycles. The van der Waals surface area contributed by atoms with E-state index in [1.807, 2.05) is 31.2 Å². The predicted octanol–water partition coefficient (Wildman–Crippen LogP) is 3.21. The molecular formula is C20H18N4O4S. The number of aryl methyl sites for hydroxylation is 1. The Balaban J connectivity index is 1.24. The number of hydrogen-bond acceptors (Lipinski definition) is 6. The predicted molar refractivity (Wildman–Crippen MR) is 110 cm³/mol. The Kier molecular flexibility index (Phi) is 4.24. The summed E-state index contributed by atoms with van der Waals surface area (Å²) < 4.78 is 11.8. The minimum Gasteiger partial charge on any atom is -0.454 e. The molecule has 0 saturated carbocycles. The number of nitrogens with zero attached hydrogens (tertiary/aromatic N) is 3. The summed E-state index contributed by atoms with van der Waals surface area (Å²) in [7, 11) is 0. The third-order valence-corrected chi connectivity index (χ3v) is 5.83. The first-order chi connectivity index (χ1) is 14.1. The third kappa shape index (κ3) is 3.33. The summed E-state index contributed by atoms with van der Waals surface area (Å²) in [6, 6.07) is 10.8. The van der Waals surface area contributed by atoms with Crippen LogP contribution in [0.15, 0.2) is 36.4 Å². The van der Waals surface area contributed by atoms with Gasteiger partial charge in [-0.2, -0.15) is 0 Å². The third-order valence-electron chi connectivity index (χ3n) is 4.88. The number of carbonyl (C=O) groups excluding carboxylic acids is 2. The number of ether oxygens (including phenoxy) is 2. The Bertz CT molecular complexity index is 1130. The van der Waals surface area contributed by atoms with E-state index in [1.54, 1.807) is 28.4 Å². The van der Waals surface area contributed by atoms with Gasteiger partial charge < -0.3 is 19.7 Å². The van der Waals surface area contributed by atoms with Crippen LogP contribution in [-0.2, 0) is 4.79 Å². The van der Waals surface area contributed by atoms with Crippen LogP contribution in [-0.4, -0.2) is 48.2 Å². The number of aromatic nitrogens is 1. The molecule has 0 unspecified atom stereocenters. The molecule has 0 aliphatic carbocycles. The molecule has 1 saturated heterocycles. The molecule has 0 radical (unpaired) electrons. The highest BCUT2D eigenvalue weighted by Crippen LogP contribution is 2.36. The van der Waals surface area contributed by atoms with Crippen LogP contribution in [0.3, 0.4) is 0 Å². The number of urea groups is 1.